The maximum atomic E-state index is 3.73. The van der Waals surface area contributed by atoms with Crippen LogP contribution in [0.4, 0.5) is 0 Å². The largest absolute Gasteiger partial charge is 0.313 e. The van der Waals surface area contributed by atoms with Crippen molar-refractivity contribution in [3.8, 4) is 0 Å². The van der Waals surface area contributed by atoms with Crippen LogP contribution in [0.15, 0.2) is 0 Å². The lowest BCUT2D eigenvalue weighted by Gasteiger charge is -2.37. The van der Waals surface area contributed by atoms with Crippen LogP contribution in [0, 0.1) is 5.41 Å². The van der Waals surface area contributed by atoms with Crippen LogP contribution in [0.2, 0.25) is 0 Å². The molecule has 0 aliphatic heterocycles. The van der Waals surface area contributed by atoms with Gasteiger partial charge in [-0.05, 0) is 45.1 Å². The molecule has 0 aromatic rings. The summed E-state index contributed by atoms with van der Waals surface area (Å²) in [4.78, 5) is 2.56. The average molecular weight is 254 g/mol. The summed E-state index contributed by atoms with van der Waals surface area (Å²) >= 11 is 0. The second kappa shape index (κ2) is 7.49. The van der Waals surface area contributed by atoms with Crippen LogP contribution in [0.3, 0.4) is 0 Å². The van der Waals surface area contributed by atoms with Gasteiger partial charge in [0.2, 0.25) is 0 Å². The topological polar surface area (TPSA) is 15.3 Å². The first kappa shape index (κ1) is 16.0. The van der Waals surface area contributed by atoms with Gasteiger partial charge in [-0.3, -0.25) is 0 Å². The molecule has 1 N–H and O–H groups in total. The zero-order chi connectivity index (χ0) is 13.6. The molecule has 1 aliphatic rings. The summed E-state index contributed by atoms with van der Waals surface area (Å²) in [6, 6.07) is 1.55. The van der Waals surface area contributed by atoms with E-state index in [1.807, 2.05) is 0 Å². The summed E-state index contributed by atoms with van der Waals surface area (Å²) in [7, 11) is 2.30. The van der Waals surface area contributed by atoms with Gasteiger partial charge < -0.3 is 10.2 Å². The van der Waals surface area contributed by atoms with Crippen molar-refractivity contribution in [1.82, 2.24) is 10.2 Å². The normalized spacial score (nSPS) is 21.0. The SMILES string of the molecule is CCCC(C)N(C)CC(C)(CCC)CNC1CC1. The predicted molar refractivity (Wildman–Crippen MR) is 81.0 cm³/mol. The molecule has 0 heterocycles. The Bertz CT molecular complexity index is 225. The lowest BCUT2D eigenvalue weighted by Crippen LogP contribution is -2.44. The van der Waals surface area contributed by atoms with Gasteiger partial charge in [0.15, 0.2) is 0 Å². The quantitative estimate of drug-likeness (QED) is 0.640. The van der Waals surface area contributed by atoms with E-state index in [-0.39, 0.29) is 0 Å². The fourth-order valence-electron chi connectivity index (χ4n) is 2.90. The van der Waals surface area contributed by atoms with E-state index in [1.165, 1.54) is 51.6 Å². The fourth-order valence-corrected chi connectivity index (χ4v) is 2.90. The zero-order valence-corrected chi connectivity index (χ0v) is 13.3. The van der Waals surface area contributed by atoms with Gasteiger partial charge in [0.25, 0.3) is 0 Å². The highest BCUT2D eigenvalue weighted by atomic mass is 15.1. The summed E-state index contributed by atoms with van der Waals surface area (Å²) < 4.78 is 0. The van der Waals surface area contributed by atoms with Crippen molar-refractivity contribution < 1.29 is 0 Å². The minimum absolute atomic E-state index is 0.439. The molecule has 0 radical (unpaired) electrons. The molecule has 0 saturated heterocycles. The molecule has 108 valence electrons. The van der Waals surface area contributed by atoms with Crippen LogP contribution >= 0.6 is 0 Å². The van der Waals surface area contributed by atoms with Crippen molar-refractivity contribution in [1.29, 1.82) is 0 Å². The van der Waals surface area contributed by atoms with Crippen molar-refractivity contribution in [2.24, 2.45) is 5.41 Å². The Hall–Kier alpha value is -0.0800. The maximum Gasteiger partial charge on any atom is 0.00684 e. The summed E-state index contributed by atoms with van der Waals surface area (Å²) in [6.07, 6.45) is 8.01. The van der Waals surface area contributed by atoms with E-state index < -0.39 is 0 Å². The Morgan fingerprint density at radius 3 is 2.44 bits per heavy atom. The van der Waals surface area contributed by atoms with Gasteiger partial charge in [-0.25, -0.2) is 0 Å². The Labute approximate surface area is 115 Å². The Morgan fingerprint density at radius 1 is 1.28 bits per heavy atom. The number of hydrogen-bond donors (Lipinski definition) is 1. The summed E-state index contributed by atoms with van der Waals surface area (Å²) in [5.41, 5.74) is 0.439. The summed E-state index contributed by atoms with van der Waals surface area (Å²) in [6.45, 7) is 11.8. The van der Waals surface area contributed by atoms with E-state index in [0.717, 1.165) is 6.04 Å². The highest BCUT2D eigenvalue weighted by Gasteiger charge is 2.29. The van der Waals surface area contributed by atoms with Gasteiger partial charge in [-0.1, -0.05) is 33.6 Å². The molecule has 1 aliphatic carbocycles. The predicted octanol–water partition coefficient (Wildman–Crippen LogP) is 3.67. The van der Waals surface area contributed by atoms with Crippen LogP contribution in [0.25, 0.3) is 0 Å². The molecule has 0 aromatic carbocycles. The average Bonchev–Trinajstić information content (AvgIpc) is 3.11. The van der Waals surface area contributed by atoms with Gasteiger partial charge in [0.1, 0.15) is 0 Å². The van der Waals surface area contributed by atoms with E-state index >= 15 is 0 Å². The van der Waals surface area contributed by atoms with Gasteiger partial charge >= 0.3 is 0 Å². The third-order valence-electron chi connectivity index (χ3n) is 4.34. The summed E-state index contributed by atoms with van der Waals surface area (Å²) in [5, 5.41) is 3.73. The fraction of sp³-hybridized carbons (Fsp3) is 1.00. The monoisotopic (exact) mass is 254 g/mol. The Kier molecular flexibility index (Phi) is 6.65. The first-order valence-corrected chi connectivity index (χ1v) is 7.94. The molecule has 0 bridgehead atoms. The van der Waals surface area contributed by atoms with Gasteiger partial charge in [0.05, 0.1) is 0 Å². The standard InChI is InChI=1S/C16H34N2/c1-6-8-14(3)18(5)13-16(4,11-7-2)12-17-15-9-10-15/h14-15,17H,6-13H2,1-5H3. The van der Waals surface area contributed by atoms with Crippen molar-refractivity contribution in [3.05, 3.63) is 0 Å². The number of nitrogens with zero attached hydrogens (tertiary/aromatic N) is 1. The van der Waals surface area contributed by atoms with Crippen molar-refractivity contribution in [3.63, 3.8) is 0 Å². The molecule has 2 nitrogen and oxygen atoms in total. The van der Waals surface area contributed by atoms with E-state index in [0.29, 0.717) is 11.5 Å². The molecular weight excluding hydrogens is 220 g/mol. The van der Waals surface area contributed by atoms with Crippen LogP contribution in [0.1, 0.15) is 66.2 Å². The van der Waals surface area contributed by atoms with Crippen LogP contribution in [0.5, 0.6) is 0 Å². The van der Waals surface area contributed by atoms with Crippen LogP contribution in [-0.4, -0.2) is 37.1 Å². The zero-order valence-electron chi connectivity index (χ0n) is 13.3. The minimum atomic E-state index is 0.439. The number of nitrogens with one attached hydrogen (secondary N) is 1. The molecule has 18 heavy (non-hydrogen) atoms. The first-order valence-electron chi connectivity index (χ1n) is 7.94. The third-order valence-corrected chi connectivity index (χ3v) is 4.34. The molecule has 2 unspecified atom stereocenters. The second-order valence-electron chi connectivity index (χ2n) is 6.77. The molecule has 0 spiro atoms. The van der Waals surface area contributed by atoms with Crippen molar-refractivity contribution in [2.45, 2.75) is 78.3 Å². The van der Waals surface area contributed by atoms with E-state index in [2.05, 4.69) is 45.0 Å². The Balaban J connectivity index is 2.42. The molecule has 1 saturated carbocycles. The number of hydrogen-bond acceptors (Lipinski definition) is 2. The Morgan fingerprint density at radius 2 is 1.94 bits per heavy atom. The van der Waals surface area contributed by atoms with Gasteiger partial charge in [-0.2, -0.15) is 0 Å². The summed E-state index contributed by atoms with van der Waals surface area (Å²) in [5.74, 6) is 0. The lowest BCUT2D eigenvalue weighted by atomic mass is 9.84. The van der Waals surface area contributed by atoms with Crippen LogP contribution in [-0.2, 0) is 0 Å². The highest BCUT2D eigenvalue weighted by molar-refractivity contribution is 4.87. The molecule has 0 aromatic heterocycles. The molecule has 0 amide bonds. The van der Waals surface area contributed by atoms with E-state index in [4.69, 9.17) is 0 Å². The van der Waals surface area contributed by atoms with E-state index in [9.17, 15) is 0 Å². The highest BCUT2D eigenvalue weighted by Crippen LogP contribution is 2.27. The van der Waals surface area contributed by atoms with Gasteiger partial charge in [0, 0.05) is 25.2 Å². The van der Waals surface area contributed by atoms with Gasteiger partial charge in [-0.15, -0.1) is 0 Å². The minimum Gasteiger partial charge on any atom is -0.313 e. The first-order chi connectivity index (χ1) is 8.50. The molecular formula is C16H34N2. The molecule has 2 heteroatoms. The number of rotatable bonds is 10. The molecule has 1 rings (SSSR count). The second-order valence-corrected chi connectivity index (χ2v) is 6.77. The van der Waals surface area contributed by atoms with Crippen LogP contribution < -0.4 is 5.32 Å². The van der Waals surface area contributed by atoms with Crippen molar-refractivity contribution in [2.75, 3.05) is 20.1 Å². The lowest BCUT2D eigenvalue weighted by molar-refractivity contribution is 0.137. The van der Waals surface area contributed by atoms with Crippen molar-refractivity contribution >= 4 is 0 Å². The maximum absolute atomic E-state index is 3.73. The molecule has 1 fully saturated rings. The van der Waals surface area contributed by atoms with E-state index in [1.54, 1.807) is 0 Å². The smallest absolute Gasteiger partial charge is 0.00684 e. The third kappa shape index (κ3) is 5.71. The molecule has 2 atom stereocenters.